The summed E-state index contributed by atoms with van der Waals surface area (Å²) in [5.74, 6) is -0.753. The van der Waals surface area contributed by atoms with Crippen molar-refractivity contribution >= 4 is 22.4 Å². The second kappa shape index (κ2) is 6.15. The molecule has 2 N–H and O–H groups in total. The number of hydrogen-bond acceptors (Lipinski definition) is 5. The highest BCUT2D eigenvalue weighted by Gasteiger charge is 2.26. The molecule has 0 unspecified atom stereocenters. The molecule has 6 heteroatoms. The van der Waals surface area contributed by atoms with Crippen LogP contribution in [0.3, 0.4) is 0 Å². The van der Waals surface area contributed by atoms with Gasteiger partial charge in [0.1, 0.15) is 0 Å². The number of rotatable bonds is 7. The molecule has 0 aliphatic rings. The largest absolute Gasteiger partial charge is 0.481 e. The number of carbonyl (C=O) groups is 1. The van der Waals surface area contributed by atoms with Crippen LogP contribution in [0, 0.1) is 5.41 Å². The van der Waals surface area contributed by atoms with Gasteiger partial charge in [0, 0.05) is 31.7 Å². The van der Waals surface area contributed by atoms with Crippen LogP contribution in [-0.4, -0.2) is 36.7 Å². The minimum absolute atomic E-state index is 0.613. The Bertz CT molecular complexity index is 402. The van der Waals surface area contributed by atoms with E-state index in [4.69, 9.17) is 5.11 Å². The highest BCUT2D eigenvalue weighted by atomic mass is 32.1. The van der Waals surface area contributed by atoms with Crippen molar-refractivity contribution in [2.75, 3.05) is 25.5 Å². The van der Waals surface area contributed by atoms with E-state index in [0.717, 1.165) is 16.6 Å². The van der Waals surface area contributed by atoms with Crippen molar-refractivity contribution in [3.8, 4) is 0 Å². The first-order chi connectivity index (χ1) is 8.33. The minimum atomic E-state index is -0.753. The quantitative estimate of drug-likeness (QED) is 0.740. The highest BCUT2D eigenvalue weighted by molar-refractivity contribution is 7.15. The molecule has 0 spiro atoms. The molecule has 1 heterocycles. The van der Waals surface area contributed by atoms with Gasteiger partial charge in [0.25, 0.3) is 0 Å². The number of carboxylic acids is 1. The fourth-order valence-corrected chi connectivity index (χ4v) is 2.11. The number of aromatic nitrogens is 1. The highest BCUT2D eigenvalue weighted by Crippen LogP contribution is 2.21. The zero-order valence-electron chi connectivity index (χ0n) is 11.4. The molecule has 0 fully saturated rings. The van der Waals surface area contributed by atoms with Crippen LogP contribution in [0.2, 0.25) is 0 Å². The van der Waals surface area contributed by atoms with Gasteiger partial charge in [-0.25, -0.2) is 4.98 Å². The molecule has 0 saturated carbocycles. The molecule has 0 bridgehead atoms. The number of anilines is 1. The number of hydrogen-bond donors (Lipinski definition) is 2. The third-order valence-electron chi connectivity index (χ3n) is 2.73. The normalized spacial score (nSPS) is 11.6. The van der Waals surface area contributed by atoms with Crippen LogP contribution >= 0.6 is 11.3 Å². The van der Waals surface area contributed by atoms with Gasteiger partial charge >= 0.3 is 5.97 Å². The first-order valence-electron chi connectivity index (χ1n) is 5.89. The summed E-state index contributed by atoms with van der Waals surface area (Å²) in [7, 11) is 3.93. The van der Waals surface area contributed by atoms with Crippen LogP contribution < -0.4 is 10.2 Å². The number of nitrogens with one attached hydrogen (secondary N) is 1. The van der Waals surface area contributed by atoms with Gasteiger partial charge in [0.05, 0.1) is 5.41 Å². The van der Waals surface area contributed by atoms with Crippen LogP contribution in [-0.2, 0) is 11.3 Å². The summed E-state index contributed by atoms with van der Waals surface area (Å²) >= 11 is 1.64. The summed E-state index contributed by atoms with van der Waals surface area (Å²) in [5.41, 5.74) is -0.671. The first-order valence-corrected chi connectivity index (χ1v) is 6.71. The van der Waals surface area contributed by atoms with Gasteiger partial charge in [-0.15, -0.1) is 11.3 Å². The molecule has 1 rings (SSSR count). The van der Waals surface area contributed by atoms with E-state index in [0.29, 0.717) is 13.0 Å². The van der Waals surface area contributed by atoms with Gasteiger partial charge in [-0.1, -0.05) is 0 Å². The lowest BCUT2D eigenvalue weighted by Gasteiger charge is -2.18. The van der Waals surface area contributed by atoms with Gasteiger partial charge in [-0.05, 0) is 26.8 Å². The second-order valence-corrected chi connectivity index (χ2v) is 6.21. The third kappa shape index (κ3) is 4.27. The van der Waals surface area contributed by atoms with E-state index in [9.17, 15) is 4.79 Å². The summed E-state index contributed by atoms with van der Waals surface area (Å²) in [6, 6.07) is 0. The standard InChI is InChI=1S/C12H21N3O2S/c1-12(2,10(16)17)5-6-13-7-9-8-14-11(18-9)15(3)4/h8,13H,5-7H2,1-4H3,(H,16,17). The molecule has 0 aliphatic carbocycles. The minimum Gasteiger partial charge on any atom is -0.481 e. The Morgan fingerprint density at radius 3 is 2.72 bits per heavy atom. The maximum Gasteiger partial charge on any atom is 0.309 e. The van der Waals surface area contributed by atoms with Crippen molar-refractivity contribution < 1.29 is 9.90 Å². The Hall–Kier alpha value is -1.14. The molecule has 1 aromatic rings. The average Bonchev–Trinajstić information content (AvgIpc) is 2.73. The zero-order valence-corrected chi connectivity index (χ0v) is 12.2. The van der Waals surface area contributed by atoms with Crippen molar-refractivity contribution in [1.29, 1.82) is 0 Å². The molecule has 0 aliphatic heterocycles. The maximum atomic E-state index is 10.9. The van der Waals surface area contributed by atoms with Crippen LogP contribution in [0.4, 0.5) is 5.13 Å². The number of thiazole rings is 1. The van der Waals surface area contributed by atoms with Crippen LogP contribution in [0.5, 0.6) is 0 Å². The van der Waals surface area contributed by atoms with E-state index < -0.39 is 11.4 Å². The molecule has 1 aromatic heterocycles. The number of aliphatic carboxylic acids is 1. The van der Waals surface area contributed by atoms with Gasteiger partial charge in [-0.2, -0.15) is 0 Å². The Balaban J connectivity index is 2.31. The lowest BCUT2D eigenvalue weighted by molar-refractivity contribution is -0.147. The SMILES string of the molecule is CN(C)c1ncc(CNCCC(C)(C)C(=O)O)s1. The fraction of sp³-hybridized carbons (Fsp3) is 0.667. The van der Waals surface area contributed by atoms with E-state index in [1.165, 1.54) is 0 Å². The lowest BCUT2D eigenvalue weighted by atomic mass is 9.90. The molecule has 18 heavy (non-hydrogen) atoms. The van der Waals surface area contributed by atoms with Crippen LogP contribution in [0.15, 0.2) is 6.20 Å². The lowest BCUT2D eigenvalue weighted by Crippen LogP contribution is -2.28. The van der Waals surface area contributed by atoms with E-state index in [-0.39, 0.29) is 0 Å². The predicted octanol–water partition coefficient (Wildman–Crippen LogP) is 1.80. The third-order valence-corrected chi connectivity index (χ3v) is 3.89. The van der Waals surface area contributed by atoms with Crippen molar-refractivity contribution in [3.05, 3.63) is 11.1 Å². The van der Waals surface area contributed by atoms with Crippen molar-refractivity contribution in [2.24, 2.45) is 5.41 Å². The van der Waals surface area contributed by atoms with Gasteiger partial charge < -0.3 is 15.3 Å². The molecule has 5 nitrogen and oxygen atoms in total. The van der Waals surface area contributed by atoms with Gasteiger partial charge in [0.2, 0.25) is 0 Å². The summed E-state index contributed by atoms with van der Waals surface area (Å²) in [6.45, 7) is 4.91. The topological polar surface area (TPSA) is 65.5 Å². The molecule has 0 atom stereocenters. The monoisotopic (exact) mass is 271 g/mol. The van der Waals surface area contributed by atoms with Crippen LogP contribution in [0.25, 0.3) is 0 Å². The summed E-state index contributed by atoms with van der Waals surface area (Å²) in [6.07, 6.45) is 2.47. The fourth-order valence-electron chi connectivity index (χ4n) is 1.31. The number of carboxylic acid groups (broad SMARTS) is 1. The predicted molar refractivity (Wildman–Crippen MR) is 74.2 cm³/mol. The molecular formula is C12H21N3O2S. The van der Waals surface area contributed by atoms with E-state index >= 15 is 0 Å². The first kappa shape index (κ1) is 14.9. The van der Waals surface area contributed by atoms with Crippen molar-refractivity contribution in [1.82, 2.24) is 10.3 Å². The molecule has 0 amide bonds. The summed E-state index contributed by atoms with van der Waals surface area (Å²) < 4.78 is 0. The van der Waals surface area contributed by atoms with E-state index in [2.05, 4.69) is 10.3 Å². The Morgan fingerprint density at radius 2 is 2.22 bits per heavy atom. The Labute approximate surface area is 112 Å². The molecule has 102 valence electrons. The van der Waals surface area contributed by atoms with Gasteiger partial charge in [-0.3, -0.25) is 4.79 Å². The summed E-state index contributed by atoms with van der Waals surface area (Å²) in [4.78, 5) is 18.3. The molecular weight excluding hydrogens is 250 g/mol. The van der Waals surface area contributed by atoms with Gasteiger partial charge in [0.15, 0.2) is 5.13 Å². The van der Waals surface area contributed by atoms with Crippen molar-refractivity contribution in [2.45, 2.75) is 26.8 Å². The summed E-state index contributed by atoms with van der Waals surface area (Å²) in [5, 5.41) is 13.2. The number of nitrogens with zero attached hydrogens (tertiary/aromatic N) is 2. The van der Waals surface area contributed by atoms with E-state index in [1.807, 2.05) is 25.2 Å². The Morgan fingerprint density at radius 1 is 1.56 bits per heavy atom. The smallest absolute Gasteiger partial charge is 0.309 e. The second-order valence-electron chi connectivity index (χ2n) is 5.12. The molecule has 0 radical (unpaired) electrons. The van der Waals surface area contributed by atoms with Crippen LogP contribution in [0.1, 0.15) is 25.1 Å². The van der Waals surface area contributed by atoms with Crippen molar-refractivity contribution in [3.63, 3.8) is 0 Å². The Kier molecular flexibility index (Phi) is 5.10. The molecule has 0 aromatic carbocycles. The maximum absolute atomic E-state index is 10.9. The van der Waals surface area contributed by atoms with E-state index in [1.54, 1.807) is 25.2 Å². The molecule has 0 saturated heterocycles. The zero-order chi connectivity index (χ0) is 13.8. The average molecular weight is 271 g/mol.